The number of ether oxygens (including phenoxy) is 1. The van der Waals surface area contributed by atoms with Gasteiger partial charge in [0, 0.05) is 23.2 Å². The first-order valence-corrected chi connectivity index (χ1v) is 10.1. The SMILES string of the molecule is C=C[C@]1(C)CC(OC(=O)CO)[C@]2(C)C(C)CC[C@]3(CCCC23)[C@@H](C)C1=O. The maximum Gasteiger partial charge on any atom is 0.332 e. The van der Waals surface area contributed by atoms with E-state index in [1.165, 1.54) is 0 Å². The van der Waals surface area contributed by atoms with E-state index in [9.17, 15) is 14.7 Å². The summed E-state index contributed by atoms with van der Waals surface area (Å²) in [6.45, 7) is 11.9. The molecule has 0 aromatic rings. The molecule has 1 N–H and O–H groups in total. The summed E-state index contributed by atoms with van der Waals surface area (Å²) in [7, 11) is 0. The second-order valence-electron chi connectivity index (χ2n) is 9.53. The summed E-state index contributed by atoms with van der Waals surface area (Å²) in [6.07, 6.45) is 7.28. The molecular formula is C22H34O4. The fraction of sp³-hybridized carbons (Fsp3) is 0.818. The summed E-state index contributed by atoms with van der Waals surface area (Å²) in [4.78, 5) is 25.6. The second-order valence-corrected chi connectivity index (χ2v) is 9.53. The van der Waals surface area contributed by atoms with Gasteiger partial charge >= 0.3 is 5.97 Å². The van der Waals surface area contributed by atoms with E-state index in [1.807, 2.05) is 6.92 Å². The van der Waals surface area contributed by atoms with Crippen LogP contribution in [0.1, 0.15) is 66.2 Å². The van der Waals surface area contributed by atoms with Gasteiger partial charge in [-0.25, -0.2) is 4.79 Å². The number of hydrogen-bond acceptors (Lipinski definition) is 4. The van der Waals surface area contributed by atoms with E-state index >= 15 is 0 Å². The van der Waals surface area contributed by atoms with E-state index in [4.69, 9.17) is 4.74 Å². The molecule has 0 spiro atoms. The molecule has 3 aliphatic rings. The number of carbonyl (C=O) groups excluding carboxylic acids is 2. The Kier molecular flexibility index (Phi) is 4.88. The fourth-order valence-corrected chi connectivity index (χ4v) is 6.75. The number of rotatable bonds is 3. The van der Waals surface area contributed by atoms with Crippen molar-refractivity contribution < 1.29 is 19.4 Å². The van der Waals surface area contributed by atoms with Gasteiger partial charge in [-0.1, -0.05) is 33.3 Å². The largest absolute Gasteiger partial charge is 0.460 e. The Hall–Kier alpha value is -1.16. The third-order valence-electron chi connectivity index (χ3n) is 8.66. The van der Waals surface area contributed by atoms with Gasteiger partial charge in [-0.15, -0.1) is 6.58 Å². The van der Waals surface area contributed by atoms with E-state index in [1.54, 1.807) is 6.08 Å². The van der Waals surface area contributed by atoms with E-state index in [-0.39, 0.29) is 28.6 Å². The van der Waals surface area contributed by atoms with Crippen molar-refractivity contribution in [1.82, 2.24) is 0 Å². The van der Waals surface area contributed by atoms with Crippen molar-refractivity contribution in [3.8, 4) is 0 Å². The molecule has 0 aromatic heterocycles. The Bertz CT molecular complexity index is 613. The van der Waals surface area contributed by atoms with Crippen LogP contribution in [0.2, 0.25) is 0 Å². The molecule has 4 nitrogen and oxygen atoms in total. The van der Waals surface area contributed by atoms with Gasteiger partial charge in [0.2, 0.25) is 0 Å². The lowest BCUT2D eigenvalue weighted by atomic mass is 9.44. The molecule has 2 bridgehead atoms. The van der Waals surface area contributed by atoms with E-state index in [2.05, 4.69) is 27.4 Å². The number of allylic oxidation sites excluding steroid dienone is 1. The van der Waals surface area contributed by atoms with Gasteiger partial charge in [-0.05, 0) is 49.9 Å². The molecule has 146 valence electrons. The van der Waals surface area contributed by atoms with E-state index in [0.29, 0.717) is 18.3 Å². The van der Waals surface area contributed by atoms with Gasteiger partial charge in [-0.2, -0.15) is 0 Å². The molecule has 3 fully saturated rings. The highest BCUT2D eigenvalue weighted by Crippen LogP contribution is 2.68. The lowest BCUT2D eigenvalue weighted by molar-refractivity contribution is -0.194. The fourth-order valence-electron chi connectivity index (χ4n) is 6.75. The molecule has 26 heavy (non-hydrogen) atoms. The predicted molar refractivity (Wildman–Crippen MR) is 100 cm³/mol. The van der Waals surface area contributed by atoms with Crippen LogP contribution < -0.4 is 0 Å². The molecule has 0 aliphatic heterocycles. The number of Topliss-reactive ketones (excluding diaryl/α,β-unsaturated/α-hetero) is 1. The first-order chi connectivity index (χ1) is 12.2. The Morgan fingerprint density at radius 3 is 2.62 bits per heavy atom. The zero-order valence-corrected chi connectivity index (χ0v) is 16.7. The van der Waals surface area contributed by atoms with Gasteiger partial charge in [0.1, 0.15) is 18.5 Å². The van der Waals surface area contributed by atoms with Gasteiger partial charge < -0.3 is 9.84 Å². The van der Waals surface area contributed by atoms with Crippen LogP contribution in [0.3, 0.4) is 0 Å². The van der Waals surface area contributed by atoms with Gasteiger partial charge in [-0.3, -0.25) is 4.79 Å². The van der Waals surface area contributed by atoms with Crippen molar-refractivity contribution in [2.45, 2.75) is 72.3 Å². The Morgan fingerprint density at radius 2 is 2.00 bits per heavy atom. The molecule has 3 saturated carbocycles. The Balaban J connectivity index is 2.17. The lowest BCUT2D eigenvalue weighted by Crippen LogP contribution is -2.60. The summed E-state index contributed by atoms with van der Waals surface area (Å²) >= 11 is 0. The average Bonchev–Trinajstić information content (AvgIpc) is 3.08. The van der Waals surface area contributed by atoms with Gasteiger partial charge in [0.15, 0.2) is 0 Å². The summed E-state index contributed by atoms with van der Waals surface area (Å²) in [5.74, 6) is 0.429. The van der Waals surface area contributed by atoms with Crippen LogP contribution in [0, 0.1) is 34.0 Å². The van der Waals surface area contributed by atoms with Crippen LogP contribution in [0.15, 0.2) is 12.7 Å². The molecule has 3 unspecified atom stereocenters. The molecule has 3 aliphatic carbocycles. The maximum absolute atomic E-state index is 13.5. The van der Waals surface area contributed by atoms with Gasteiger partial charge in [0.25, 0.3) is 0 Å². The number of carbonyl (C=O) groups is 2. The minimum Gasteiger partial charge on any atom is -0.460 e. The monoisotopic (exact) mass is 362 g/mol. The third-order valence-corrected chi connectivity index (χ3v) is 8.66. The molecular weight excluding hydrogens is 328 g/mol. The highest BCUT2D eigenvalue weighted by Gasteiger charge is 2.65. The number of hydrogen-bond donors (Lipinski definition) is 1. The molecule has 7 atom stereocenters. The van der Waals surface area contributed by atoms with E-state index in [0.717, 1.165) is 32.1 Å². The third kappa shape index (κ3) is 2.51. The first-order valence-electron chi connectivity index (χ1n) is 10.1. The normalized spacial score (nSPS) is 48.3. The minimum absolute atomic E-state index is 0.000631. The first kappa shape index (κ1) is 19.6. The summed E-state index contributed by atoms with van der Waals surface area (Å²) in [5.41, 5.74) is -0.885. The zero-order chi connectivity index (χ0) is 19.3. The average molecular weight is 363 g/mol. The molecule has 0 radical (unpaired) electrons. The van der Waals surface area contributed by atoms with Crippen molar-refractivity contribution in [1.29, 1.82) is 0 Å². The quantitative estimate of drug-likeness (QED) is 0.611. The van der Waals surface area contributed by atoms with Crippen LogP contribution in [0.25, 0.3) is 0 Å². The van der Waals surface area contributed by atoms with Gasteiger partial charge in [0.05, 0.1) is 0 Å². The van der Waals surface area contributed by atoms with Crippen LogP contribution in [-0.4, -0.2) is 29.6 Å². The minimum atomic E-state index is -0.710. The van der Waals surface area contributed by atoms with Crippen molar-refractivity contribution in [2.75, 3.05) is 6.61 Å². The van der Waals surface area contributed by atoms with Crippen molar-refractivity contribution in [2.24, 2.45) is 34.0 Å². The highest BCUT2D eigenvalue weighted by atomic mass is 16.6. The molecule has 4 heteroatoms. The smallest absolute Gasteiger partial charge is 0.332 e. The molecule has 3 rings (SSSR count). The number of aliphatic hydroxyl groups excluding tert-OH is 1. The van der Waals surface area contributed by atoms with Crippen LogP contribution >= 0.6 is 0 Å². The second kappa shape index (κ2) is 6.47. The van der Waals surface area contributed by atoms with Crippen LogP contribution in [0.5, 0.6) is 0 Å². The topological polar surface area (TPSA) is 63.6 Å². The van der Waals surface area contributed by atoms with E-state index < -0.39 is 18.0 Å². The van der Waals surface area contributed by atoms with Crippen molar-refractivity contribution in [3.63, 3.8) is 0 Å². The predicted octanol–water partition coefficient (Wildman–Crippen LogP) is 3.91. The maximum atomic E-state index is 13.5. The molecule has 0 amide bonds. The molecule has 0 aromatic carbocycles. The number of esters is 1. The Labute approximate surface area is 157 Å². The molecule has 0 heterocycles. The summed E-state index contributed by atoms with van der Waals surface area (Å²) < 4.78 is 5.83. The lowest BCUT2D eigenvalue weighted by Gasteiger charge is -2.61. The number of aliphatic hydroxyl groups is 1. The zero-order valence-electron chi connectivity index (χ0n) is 16.7. The van der Waals surface area contributed by atoms with Crippen molar-refractivity contribution in [3.05, 3.63) is 12.7 Å². The standard InChI is InChI=1S/C22H34O4/c1-6-20(4)12-17(26-18(24)13-23)21(5)14(2)9-11-22(15(3)19(20)25)10-7-8-16(21)22/h6,14-17,23H,1,7-13H2,2-5H3/t14?,15-,16?,17?,20+,21+,22+/m0/s1. The highest BCUT2D eigenvalue weighted by molar-refractivity contribution is 5.89. The number of ketones is 1. The molecule has 0 saturated heterocycles. The van der Waals surface area contributed by atoms with Crippen molar-refractivity contribution >= 4 is 11.8 Å². The Morgan fingerprint density at radius 1 is 1.31 bits per heavy atom. The summed E-state index contributed by atoms with van der Waals surface area (Å²) in [5, 5.41) is 9.27. The van der Waals surface area contributed by atoms with Crippen LogP contribution in [0.4, 0.5) is 0 Å². The van der Waals surface area contributed by atoms with Crippen LogP contribution in [-0.2, 0) is 14.3 Å². The summed E-state index contributed by atoms with van der Waals surface area (Å²) in [6, 6.07) is 0.